The number of hydrogen-bond donors (Lipinski definition) is 3. The summed E-state index contributed by atoms with van der Waals surface area (Å²) < 4.78 is 24.0. The van der Waals surface area contributed by atoms with Gasteiger partial charge in [-0.05, 0) is 89.5 Å². The Morgan fingerprint density at radius 2 is 1.68 bits per heavy atom. The van der Waals surface area contributed by atoms with E-state index in [0.717, 1.165) is 30.4 Å². The molecule has 0 aromatic carbocycles. The van der Waals surface area contributed by atoms with Gasteiger partial charge in [0.1, 0.15) is 5.78 Å². The van der Waals surface area contributed by atoms with E-state index in [-0.39, 0.29) is 42.9 Å². The fourth-order valence-corrected chi connectivity index (χ4v) is 8.47. The molecule has 3 fully saturated rings. The minimum atomic E-state index is -2.28. The van der Waals surface area contributed by atoms with Crippen molar-refractivity contribution in [1.82, 2.24) is 4.90 Å². The van der Waals surface area contributed by atoms with Gasteiger partial charge < -0.3 is 39.2 Å². The van der Waals surface area contributed by atoms with E-state index < -0.39 is 59.8 Å². The molecule has 3 aliphatic heterocycles. The van der Waals surface area contributed by atoms with Crippen LogP contribution in [0.15, 0.2) is 23.3 Å². The molecule has 0 radical (unpaired) electrons. The number of amides is 1. The lowest BCUT2D eigenvalue weighted by atomic mass is 9.82. The number of nitrogens with zero attached hydrogens (tertiary/aromatic N) is 1. The van der Waals surface area contributed by atoms with Crippen LogP contribution in [0.2, 0.25) is 0 Å². The van der Waals surface area contributed by atoms with Gasteiger partial charge in [0, 0.05) is 44.9 Å². The minimum Gasteiger partial charge on any atom is -0.392 e. The zero-order valence-electron chi connectivity index (χ0n) is 31.3. The number of fused-ring (bicyclic) bond motifs is 3. The number of ether oxygens (including phenoxy) is 4. The summed E-state index contributed by atoms with van der Waals surface area (Å²) in [4.78, 5) is 42.8. The van der Waals surface area contributed by atoms with Gasteiger partial charge >= 0.3 is 0 Å². The first kappa shape index (κ1) is 40.8. The standard InChI is InChI=1S/C39H63NO10/c1-23-11-10-13-33-35(48-7)19-26(4)39(46,50-33)37(44)38(45)40-16-9-8-12-29(40)22-49-36(27(5)32(43)21-31(42)24(2)17-23)25(3)18-28-14-15-30(41)34(20-28)47-6/h17-18,24,26-30,32-36,41,43,46H,8-16,19-22H2,1-7H3/b23-17+,25-18+. The molecule has 0 aromatic heterocycles. The van der Waals surface area contributed by atoms with Crippen molar-refractivity contribution >= 4 is 17.5 Å². The third-order valence-corrected chi connectivity index (χ3v) is 11.8. The summed E-state index contributed by atoms with van der Waals surface area (Å²) in [7, 11) is 3.19. The molecule has 2 bridgehead atoms. The van der Waals surface area contributed by atoms with Crippen LogP contribution in [0.25, 0.3) is 0 Å². The third kappa shape index (κ3) is 9.70. The van der Waals surface area contributed by atoms with E-state index in [1.807, 2.05) is 33.8 Å². The number of piperidine rings is 1. The van der Waals surface area contributed by atoms with Crippen LogP contribution in [0.4, 0.5) is 0 Å². The Labute approximate surface area is 298 Å². The maximum Gasteiger partial charge on any atom is 0.296 e. The van der Waals surface area contributed by atoms with Gasteiger partial charge in [-0.3, -0.25) is 14.4 Å². The van der Waals surface area contributed by atoms with Crippen molar-refractivity contribution in [3.63, 3.8) is 0 Å². The Morgan fingerprint density at radius 1 is 0.960 bits per heavy atom. The molecule has 0 aromatic rings. The summed E-state index contributed by atoms with van der Waals surface area (Å²) in [6, 6.07) is -0.423. The second-order valence-corrected chi connectivity index (χ2v) is 15.6. The maximum atomic E-state index is 14.0. The summed E-state index contributed by atoms with van der Waals surface area (Å²) in [6.45, 7) is 9.85. The number of aliphatic hydroxyl groups is 3. The highest BCUT2D eigenvalue weighted by molar-refractivity contribution is 6.38. The van der Waals surface area contributed by atoms with E-state index in [9.17, 15) is 29.7 Å². The van der Waals surface area contributed by atoms with Crippen LogP contribution in [-0.4, -0.2) is 114 Å². The molecular weight excluding hydrogens is 642 g/mol. The highest BCUT2D eigenvalue weighted by atomic mass is 16.7. The van der Waals surface area contributed by atoms with Gasteiger partial charge in [0.15, 0.2) is 0 Å². The van der Waals surface area contributed by atoms with Crippen molar-refractivity contribution in [2.45, 2.75) is 154 Å². The smallest absolute Gasteiger partial charge is 0.296 e. The summed E-state index contributed by atoms with van der Waals surface area (Å²) in [6.07, 6.45) is 7.24. The molecule has 1 saturated carbocycles. The quantitative estimate of drug-likeness (QED) is 0.285. The Kier molecular flexibility index (Phi) is 14.8. The van der Waals surface area contributed by atoms with Crippen LogP contribution in [-0.2, 0) is 33.3 Å². The average Bonchev–Trinajstić information content (AvgIpc) is 3.09. The molecular formula is C39H63NO10. The molecule has 4 rings (SSSR count). The van der Waals surface area contributed by atoms with Crippen LogP contribution < -0.4 is 0 Å². The second-order valence-electron chi connectivity index (χ2n) is 15.6. The van der Waals surface area contributed by atoms with Crippen LogP contribution in [0.5, 0.6) is 0 Å². The molecule has 1 aliphatic carbocycles. The lowest BCUT2D eigenvalue weighted by Crippen LogP contribution is -2.62. The van der Waals surface area contributed by atoms with Gasteiger partial charge in [0.25, 0.3) is 11.7 Å². The lowest BCUT2D eigenvalue weighted by Gasteiger charge is -2.45. The SMILES string of the molecule is COC1CC(/C=C(\C)C2OCC3CCCCN3C(=O)C(=O)C3(O)OC(CCC/C(C)=C/C(C)C(=O)CC(O)C2C)C(OC)CC3C)CCC1O. The van der Waals surface area contributed by atoms with Crippen molar-refractivity contribution in [3.8, 4) is 0 Å². The topological polar surface area (TPSA) is 152 Å². The molecule has 3 heterocycles. The van der Waals surface area contributed by atoms with Gasteiger partial charge in [0.05, 0.1) is 49.3 Å². The summed E-state index contributed by atoms with van der Waals surface area (Å²) >= 11 is 0. The fraction of sp³-hybridized carbons (Fsp3) is 0.821. The zero-order chi connectivity index (χ0) is 36.7. The van der Waals surface area contributed by atoms with Gasteiger partial charge in [0.2, 0.25) is 5.79 Å². The van der Waals surface area contributed by atoms with Crippen LogP contribution >= 0.6 is 0 Å². The summed E-state index contributed by atoms with van der Waals surface area (Å²) in [5.74, 6) is -5.44. The Morgan fingerprint density at radius 3 is 2.38 bits per heavy atom. The summed E-state index contributed by atoms with van der Waals surface area (Å²) in [5, 5.41) is 33.6. The number of carbonyl (C=O) groups excluding carboxylic acids is 3. The summed E-state index contributed by atoms with van der Waals surface area (Å²) in [5.41, 5.74) is 1.92. The Bertz CT molecular complexity index is 1240. The van der Waals surface area contributed by atoms with Gasteiger partial charge in [-0.1, -0.05) is 38.5 Å². The Hall–Kier alpha value is -1.99. The van der Waals surface area contributed by atoms with E-state index in [4.69, 9.17) is 18.9 Å². The highest BCUT2D eigenvalue weighted by Crippen LogP contribution is 2.38. The molecule has 12 unspecified atom stereocenters. The first-order valence-corrected chi connectivity index (χ1v) is 18.9. The lowest BCUT2D eigenvalue weighted by molar-refractivity contribution is -0.286. The molecule has 2 saturated heterocycles. The minimum absolute atomic E-state index is 0.0225. The number of carbonyl (C=O) groups is 3. The largest absolute Gasteiger partial charge is 0.392 e. The van der Waals surface area contributed by atoms with Crippen LogP contribution in [0.3, 0.4) is 0 Å². The van der Waals surface area contributed by atoms with E-state index >= 15 is 0 Å². The second kappa shape index (κ2) is 18.2. The molecule has 3 N–H and O–H groups in total. The molecule has 4 aliphatic rings. The van der Waals surface area contributed by atoms with Crippen LogP contribution in [0, 0.1) is 23.7 Å². The Balaban J connectivity index is 1.66. The van der Waals surface area contributed by atoms with Crippen LogP contribution in [0.1, 0.15) is 105 Å². The first-order valence-electron chi connectivity index (χ1n) is 18.9. The number of allylic oxidation sites excluding steroid dienone is 3. The maximum absolute atomic E-state index is 14.0. The molecule has 284 valence electrons. The third-order valence-electron chi connectivity index (χ3n) is 11.8. The number of ketones is 2. The predicted octanol–water partition coefficient (Wildman–Crippen LogP) is 4.30. The van der Waals surface area contributed by atoms with Gasteiger partial charge in [-0.2, -0.15) is 0 Å². The number of rotatable bonds is 4. The van der Waals surface area contributed by atoms with Crippen molar-refractivity contribution in [2.75, 3.05) is 27.4 Å². The van der Waals surface area contributed by atoms with E-state index in [0.29, 0.717) is 51.5 Å². The van der Waals surface area contributed by atoms with E-state index in [1.54, 1.807) is 21.1 Å². The van der Waals surface area contributed by atoms with E-state index in [2.05, 4.69) is 6.08 Å². The number of aliphatic hydroxyl groups excluding tert-OH is 2. The van der Waals surface area contributed by atoms with Crippen molar-refractivity contribution in [2.24, 2.45) is 23.7 Å². The molecule has 11 heteroatoms. The molecule has 1 amide bonds. The highest BCUT2D eigenvalue weighted by Gasteiger charge is 2.54. The first-order chi connectivity index (χ1) is 23.7. The molecule has 12 atom stereocenters. The average molecular weight is 706 g/mol. The monoisotopic (exact) mass is 705 g/mol. The van der Waals surface area contributed by atoms with Gasteiger partial charge in [-0.15, -0.1) is 0 Å². The molecule has 11 nitrogen and oxygen atoms in total. The number of hydrogen-bond acceptors (Lipinski definition) is 10. The van der Waals surface area contributed by atoms with Crippen molar-refractivity contribution < 1.29 is 48.7 Å². The predicted molar refractivity (Wildman–Crippen MR) is 188 cm³/mol. The van der Waals surface area contributed by atoms with Crippen molar-refractivity contribution in [3.05, 3.63) is 23.3 Å². The molecule has 50 heavy (non-hydrogen) atoms. The van der Waals surface area contributed by atoms with Crippen molar-refractivity contribution in [1.29, 1.82) is 0 Å². The fourth-order valence-electron chi connectivity index (χ4n) is 8.47. The normalized spacial score (nSPS) is 42.0. The number of Topliss-reactive ketones (excluding diaryl/α,β-unsaturated/α-hetero) is 2. The number of methoxy groups -OCH3 is 2. The van der Waals surface area contributed by atoms with E-state index in [1.165, 1.54) is 4.90 Å². The molecule has 0 spiro atoms. The zero-order valence-corrected chi connectivity index (χ0v) is 31.3. The van der Waals surface area contributed by atoms with Gasteiger partial charge in [-0.25, -0.2) is 0 Å².